The fourth-order valence-corrected chi connectivity index (χ4v) is 4.21. The third-order valence-electron chi connectivity index (χ3n) is 6.13. The molecule has 0 aliphatic carbocycles. The van der Waals surface area contributed by atoms with Gasteiger partial charge in [0.1, 0.15) is 29.5 Å². The third-order valence-corrected chi connectivity index (χ3v) is 6.13. The molecule has 5 rings (SSSR count). The zero-order valence-electron chi connectivity index (χ0n) is 19.1. The van der Waals surface area contributed by atoms with Crippen LogP contribution in [0.5, 0.6) is 0 Å². The van der Waals surface area contributed by atoms with E-state index in [1.807, 2.05) is 0 Å². The van der Waals surface area contributed by atoms with Crippen LogP contribution in [0.25, 0.3) is 11.0 Å². The number of anilines is 1. The molecule has 4 amide bonds. The van der Waals surface area contributed by atoms with Crippen molar-refractivity contribution in [2.75, 3.05) is 11.9 Å². The summed E-state index contributed by atoms with van der Waals surface area (Å²) >= 11 is 0. The van der Waals surface area contributed by atoms with E-state index in [2.05, 4.69) is 20.6 Å². The maximum Gasteiger partial charge on any atom is 0.325 e. The van der Waals surface area contributed by atoms with Crippen molar-refractivity contribution in [1.82, 2.24) is 20.2 Å². The highest BCUT2D eigenvalue weighted by Crippen LogP contribution is 2.29. The molecule has 0 spiro atoms. The molecular formula is C26H21F2N5O3. The molecule has 0 saturated carbocycles. The number of hydrogen-bond donors (Lipinski definition) is 3. The molecule has 0 unspecified atom stereocenters. The van der Waals surface area contributed by atoms with E-state index in [0.29, 0.717) is 33.7 Å². The summed E-state index contributed by atoms with van der Waals surface area (Å²) in [4.78, 5) is 46.5. The molecule has 182 valence electrons. The van der Waals surface area contributed by atoms with Gasteiger partial charge in [-0.2, -0.15) is 0 Å². The van der Waals surface area contributed by atoms with Gasteiger partial charge in [-0.1, -0.05) is 30.3 Å². The van der Waals surface area contributed by atoms with Crippen molar-refractivity contribution in [3.05, 3.63) is 95.3 Å². The van der Waals surface area contributed by atoms with Crippen LogP contribution in [-0.2, 0) is 21.5 Å². The molecule has 1 aromatic heterocycles. The molecule has 36 heavy (non-hydrogen) atoms. The molecule has 2 heterocycles. The number of aromatic amines is 1. The summed E-state index contributed by atoms with van der Waals surface area (Å²) in [5.41, 5.74) is 1.21. The fraction of sp³-hybridized carbons (Fsp3) is 0.154. The minimum Gasteiger partial charge on any atom is -0.342 e. The number of nitrogens with zero attached hydrogens (tertiary/aromatic N) is 2. The van der Waals surface area contributed by atoms with Gasteiger partial charge in [0.2, 0.25) is 5.91 Å². The van der Waals surface area contributed by atoms with Gasteiger partial charge in [0.05, 0.1) is 11.0 Å². The van der Waals surface area contributed by atoms with Crippen LogP contribution in [-0.4, -0.2) is 39.3 Å². The van der Waals surface area contributed by atoms with Crippen LogP contribution in [0.3, 0.4) is 0 Å². The second-order valence-electron chi connectivity index (χ2n) is 8.69. The average Bonchev–Trinajstić information content (AvgIpc) is 3.34. The highest BCUT2D eigenvalue weighted by molar-refractivity contribution is 6.10. The number of fused-ring (bicyclic) bond motifs is 1. The standard InChI is InChI=1S/C26H21F2N5O3/c1-26(16-6-8-17(27)9-7-16)24(35)33(25(36)32-26)14-23(34)29-18-10-11-20-21(13-18)31-22(30-20)12-15-4-2-3-5-19(15)28/h2-11,13H,12,14H2,1H3,(H,29,34)(H,30,31)(H,32,36)/t26-/m0/s1. The summed E-state index contributed by atoms with van der Waals surface area (Å²) in [6, 6.07) is 16.0. The number of amides is 4. The average molecular weight is 489 g/mol. The SMILES string of the molecule is C[C@@]1(c2ccc(F)cc2)NC(=O)N(CC(=O)Nc2ccc3nc(Cc4ccccc4F)[nH]c3c2)C1=O. The smallest absolute Gasteiger partial charge is 0.325 e. The zero-order chi connectivity index (χ0) is 25.4. The first-order chi connectivity index (χ1) is 17.2. The van der Waals surface area contributed by atoms with E-state index >= 15 is 0 Å². The highest BCUT2D eigenvalue weighted by atomic mass is 19.1. The van der Waals surface area contributed by atoms with Crippen LogP contribution in [0.1, 0.15) is 23.9 Å². The summed E-state index contributed by atoms with van der Waals surface area (Å²) in [5, 5.41) is 5.26. The van der Waals surface area contributed by atoms with Crippen molar-refractivity contribution in [3.8, 4) is 0 Å². The van der Waals surface area contributed by atoms with Crippen LogP contribution >= 0.6 is 0 Å². The number of carbonyl (C=O) groups is 3. The maximum atomic E-state index is 14.0. The Morgan fingerprint density at radius 3 is 2.56 bits per heavy atom. The Morgan fingerprint density at radius 1 is 1.06 bits per heavy atom. The lowest BCUT2D eigenvalue weighted by atomic mass is 9.92. The van der Waals surface area contributed by atoms with E-state index in [9.17, 15) is 23.2 Å². The van der Waals surface area contributed by atoms with Gasteiger partial charge in [-0.3, -0.25) is 14.5 Å². The fourth-order valence-electron chi connectivity index (χ4n) is 4.21. The monoisotopic (exact) mass is 489 g/mol. The molecule has 3 N–H and O–H groups in total. The van der Waals surface area contributed by atoms with Gasteiger partial charge >= 0.3 is 6.03 Å². The number of hydrogen-bond acceptors (Lipinski definition) is 4. The molecule has 1 fully saturated rings. The highest BCUT2D eigenvalue weighted by Gasteiger charge is 2.49. The number of aromatic nitrogens is 2. The molecule has 1 aliphatic heterocycles. The Morgan fingerprint density at radius 2 is 1.81 bits per heavy atom. The first-order valence-corrected chi connectivity index (χ1v) is 11.1. The van der Waals surface area contributed by atoms with Gasteiger partial charge in [0, 0.05) is 12.1 Å². The first-order valence-electron chi connectivity index (χ1n) is 11.1. The van der Waals surface area contributed by atoms with Crippen molar-refractivity contribution in [3.63, 3.8) is 0 Å². The Kier molecular flexibility index (Phi) is 5.71. The van der Waals surface area contributed by atoms with E-state index in [1.165, 1.54) is 37.3 Å². The van der Waals surface area contributed by atoms with E-state index in [4.69, 9.17) is 0 Å². The molecule has 8 nitrogen and oxygen atoms in total. The van der Waals surface area contributed by atoms with Crippen molar-refractivity contribution < 1.29 is 23.2 Å². The first kappa shape index (κ1) is 23.2. The second-order valence-corrected chi connectivity index (χ2v) is 8.69. The predicted octanol–water partition coefficient (Wildman–Crippen LogP) is 3.84. The zero-order valence-corrected chi connectivity index (χ0v) is 19.1. The predicted molar refractivity (Wildman–Crippen MR) is 128 cm³/mol. The van der Waals surface area contributed by atoms with Gasteiger partial charge in [0.25, 0.3) is 5.91 Å². The van der Waals surface area contributed by atoms with Gasteiger partial charge in [0.15, 0.2) is 0 Å². The van der Waals surface area contributed by atoms with Crippen molar-refractivity contribution >= 4 is 34.6 Å². The molecule has 10 heteroatoms. The van der Waals surface area contributed by atoms with Crippen molar-refractivity contribution in [2.45, 2.75) is 18.9 Å². The number of imidazole rings is 1. The number of H-pyrrole nitrogens is 1. The number of halogens is 2. The lowest BCUT2D eigenvalue weighted by molar-refractivity contribution is -0.133. The Bertz CT molecular complexity index is 1500. The number of imide groups is 1. The minimum absolute atomic E-state index is 0.280. The van der Waals surface area contributed by atoms with Crippen LogP contribution in [0, 0.1) is 11.6 Å². The Hall–Kier alpha value is -4.60. The van der Waals surface area contributed by atoms with Crippen LogP contribution < -0.4 is 10.6 Å². The largest absolute Gasteiger partial charge is 0.342 e. The normalized spacial score (nSPS) is 17.5. The number of nitrogens with one attached hydrogen (secondary N) is 3. The van der Waals surface area contributed by atoms with Crippen LogP contribution in [0.15, 0.2) is 66.7 Å². The molecule has 0 bridgehead atoms. The van der Waals surface area contributed by atoms with E-state index in [0.717, 1.165) is 4.90 Å². The number of benzene rings is 3. The molecular weight excluding hydrogens is 468 g/mol. The number of carbonyl (C=O) groups excluding carboxylic acids is 3. The summed E-state index contributed by atoms with van der Waals surface area (Å²) in [7, 11) is 0. The second kappa shape index (κ2) is 8.88. The van der Waals surface area contributed by atoms with Gasteiger partial charge < -0.3 is 15.6 Å². The maximum absolute atomic E-state index is 14.0. The molecule has 1 aliphatic rings. The Labute approximate surface area is 204 Å². The summed E-state index contributed by atoms with van der Waals surface area (Å²) in [6.07, 6.45) is 0.280. The van der Waals surface area contributed by atoms with E-state index < -0.39 is 35.7 Å². The summed E-state index contributed by atoms with van der Waals surface area (Å²) < 4.78 is 27.2. The van der Waals surface area contributed by atoms with Crippen molar-refractivity contribution in [2.24, 2.45) is 0 Å². The van der Waals surface area contributed by atoms with E-state index in [-0.39, 0.29) is 12.2 Å². The lowest BCUT2D eigenvalue weighted by Crippen LogP contribution is -2.42. The van der Waals surface area contributed by atoms with Gasteiger partial charge in [-0.25, -0.2) is 18.6 Å². The van der Waals surface area contributed by atoms with Gasteiger partial charge in [-0.05, 0) is 54.4 Å². The molecule has 0 radical (unpaired) electrons. The van der Waals surface area contributed by atoms with E-state index in [1.54, 1.807) is 36.4 Å². The summed E-state index contributed by atoms with van der Waals surface area (Å²) in [6.45, 7) is 1.00. The molecule has 1 atom stereocenters. The Balaban J connectivity index is 1.27. The number of urea groups is 1. The number of rotatable bonds is 6. The topological polar surface area (TPSA) is 107 Å². The molecule has 4 aromatic rings. The molecule has 1 saturated heterocycles. The quantitative estimate of drug-likeness (QED) is 0.358. The lowest BCUT2D eigenvalue weighted by Gasteiger charge is -2.22. The van der Waals surface area contributed by atoms with Crippen LogP contribution in [0.2, 0.25) is 0 Å². The third kappa shape index (κ3) is 4.28. The minimum atomic E-state index is -1.41. The van der Waals surface area contributed by atoms with Crippen molar-refractivity contribution in [1.29, 1.82) is 0 Å². The van der Waals surface area contributed by atoms with Gasteiger partial charge in [-0.15, -0.1) is 0 Å². The summed E-state index contributed by atoms with van der Waals surface area (Å²) in [5.74, 6) is -1.41. The molecule has 3 aromatic carbocycles. The van der Waals surface area contributed by atoms with Crippen LogP contribution in [0.4, 0.5) is 19.3 Å².